The Morgan fingerprint density at radius 2 is 1.54 bits per heavy atom. The molecule has 3 aromatic carbocycles. The van der Waals surface area contributed by atoms with E-state index in [4.69, 9.17) is 9.47 Å². The Bertz CT molecular complexity index is 1240. The van der Waals surface area contributed by atoms with E-state index in [0.29, 0.717) is 38.3 Å². The van der Waals surface area contributed by atoms with Crippen LogP contribution < -0.4 is 4.90 Å². The Labute approximate surface area is 210 Å². The molecule has 1 amide bonds. The number of ether oxygens (including phenoxy) is 2. The van der Waals surface area contributed by atoms with E-state index in [1.54, 1.807) is 4.90 Å². The Morgan fingerprint density at radius 1 is 0.943 bits per heavy atom. The van der Waals surface area contributed by atoms with Crippen LogP contribution in [-0.2, 0) is 9.47 Å². The number of hydrogen-bond acceptors (Lipinski definition) is 6. The van der Waals surface area contributed by atoms with Gasteiger partial charge in [-0.3, -0.25) is 0 Å². The Hall–Kier alpha value is -3.45. The molecule has 0 atom stereocenters. The minimum Gasteiger partial charge on any atom is -0.465 e. The van der Waals surface area contributed by atoms with Crippen molar-refractivity contribution in [1.82, 2.24) is 4.90 Å². The molecule has 3 aromatic rings. The monoisotopic (exact) mass is 488 g/mol. The second-order valence-electron chi connectivity index (χ2n) is 8.91. The molecule has 1 saturated heterocycles. The van der Waals surface area contributed by atoms with Crippen molar-refractivity contribution in [3.63, 3.8) is 0 Å². The third-order valence-corrected chi connectivity index (χ3v) is 7.47. The van der Waals surface area contributed by atoms with E-state index in [-0.39, 0.29) is 18.0 Å². The number of nitrogens with zero attached hydrogens (tertiary/aromatic N) is 2. The van der Waals surface area contributed by atoms with Crippen molar-refractivity contribution in [2.24, 2.45) is 0 Å². The van der Waals surface area contributed by atoms with Gasteiger partial charge in [-0.1, -0.05) is 48.5 Å². The molecule has 180 valence electrons. The number of rotatable bonds is 4. The molecule has 0 aromatic heterocycles. The van der Waals surface area contributed by atoms with E-state index in [1.165, 1.54) is 29.4 Å². The van der Waals surface area contributed by atoms with Crippen LogP contribution in [0.2, 0.25) is 0 Å². The lowest BCUT2D eigenvalue weighted by atomic mass is 9.98. The molecule has 0 saturated carbocycles. The zero-order valence-corrected chi connectivity index (χ0v) is 20.8. The molecule has 0 radical (unpaired) electrons. The van der Waals surface area contributed by atoms with Crippen molar-refractivity contribution in [1.29, 1.82) is 0 Å². The molecule has 6 nitrogen and oxygen atoms in total. The van der Waals surface area contributed by atoms with Crippen LogP contribution in [0.5, 0.6) is 0 Å². The van der Waals surface area contributed by atoms with Gasteiger partial charge in [0.2, 0.25) is 0 Å². The van der Waals surface area contributed by atoms with E-state index >= 15 is 0 Å². The highest BCUT2D eigenvalue weighted by Crippen LogP contribution is 2.44. The second-order valence-corrected chi connectivity index (χ2v) is 9.39. The number of carbonyl (C=O) groups excluding carboxylic acids is 2. The molecule has 0 spiro atoms. The summed E-state index contributed by atoms with van der Waals surface area (Å²) in [6, 6.07) is 20.4. The quantitative estimate of drug-likeness (QED) is 0.407. The number of amides is 1. The Morgan fingerprint density at radius 3 is 2.14 bits per heavy atom. The van der Waals surface area contributed by atoms with Crippen LogP contribution in [0.1, 0.15) is 33.0 Å². The van der Waals surface area contributed by atoms with Crippen LogP contribution in [0.15, 0.2) is 65.6 Å². The van der Waals surface area contributed by atoms with E-state index in [0.717, 1.165) is 16.1 Å². The first-order chi connectivity index (χ1) is 17.0. The van der Waals surface area contributed by atoms with Gasteiger partial charge < -0.3 is 19.3 Å². The minimum atomic E-state index is -0.378. The first-order valence-corrected chi connectivity index (χ1v) is 12.2. The first-order valence-electron chi connectivity index (χ1n) is 11.7. The maximum atomic E-state index is 12.9. The number of methoxy groups -OCH3 is 1. The lowest BCUT2D eigenvalue weighted by Crippen LogP contribution is -2.49. The lowest BCUT2D eigenvalue weighted by molar-refractivity contribution is 0.0599. The number of anilines is 1. The fourth-order valence-electron chi connectivity index (χ4n) is 5.02. The third kappa shape index (κ3) is 4.36. The fourth-order valence-corrected chi connectivity index (χ4v) is 5.27. The average Bonchev–Trinajstić information content (AvgIpc) is 3.22. The van der Waals surface area contributed by atoms with Crippen LogP contribution in [0.25, 0.3) is 11.1 Å². The normalized spacial score (nSPS) is 14.9. The highest BCUT2D eigenvalue weighted by molar-refractivity contribution is 7.80. The van der Waals surface area contributed by atoms with Gasteiger partial charge in [-0.25, -0.2) is 9.59 Å². The molecule has 35 heavy (non-hydrogen) atoms. The van der Waals surface area contributed by atoms with Crippen LogP contribution in [0, 0.1) is 6.92 Å². The van der Waals surface area contributed by atoms with Crippen LogP contribution >= 0.6 is 12.6 Å². The third-order valence-electron chi connectivity index (χ3n) is 7.01. The highest BCUT2D eigenvalue weighted by atomic mass is 32.1. The standard InChI is InChI=1S/C28H28N2O4S/c1-18-24(27(31)33-2)15-19(16-26(18)35)29-11-13-30(14-12-29)28(32)34-17-25-22-9-5-3-7-20(22)21-8-4-6-10-23(21)25/h3-10,15-16,25,35H,11-14,17H2,1-2H3. The first kappa shape index (κ1) is 23.3. The van der Waals surface area contributed by atoms with Gasteiger partial charge in [-0.2, -0.15) is 0 Å². The van der Waals surface area contributed by atoms with E-state index in [2.05, 4.69) is 41.8 Å². The number of fused-ring (bicyclic) bond motifs is 3. The summed E-state index contributed by atoms with van der Waals surface area (Å²) in [4.78, 5) is 29.7. The number of thiol groups is 1. The average molecular weight is 489 g/mol. The molecule has 1 aliphatic carbocycles. The van der Waals surface area contributed by atoms with Gasteiger partial charge in [-0.05, 0) is 46.9 Å². The van der Waals surface area contributed by atoms with E-state index in [9.17, 15) is 9.59 Å². The van der Waals surface area contributed by atoms with Gasteiger partial charge in [-0.15, -0.1) is 12.6 Å². The van der Waals surface area contributed by atoms with Crippen LogP contribution in [-0.4, -0.2) is 56.9 Å². The number of hydrogen-bond donors (Lipinski definition) is 1. The van der Waals surface area contributed by atoms with Gasteiger partial charge >= 0.3 is 12.1 Å². The maximum absolute atomic E-state index is 12.9. The number of benzene rings is 3. The molecular weight excluding hydrogens is 460 g/mol. The molecule has 2 aliphatic rings. The lowest BCUT2D eigenvalue weighted by Gasteiger charge is -2.36. The topological polar surface area (TPSA) is 59.1 Å². The molecule has 0 N–H and O–H groups in total. The summed E-state index contributed by atoms with van der Waals surface area (Å²) >= 11 is 4.53. The summed E-state index contributed by atoms with van der Waals surface area (Å²) in [6.07, 6.45) is -0.291. The summed E-state index contributed by atoms with van der Waals surface area (Å²) in [5, 5.41) is 0. The maximum Gasteiger partial charge on any atom is 0.409 e. The molecular formula is C28H28N2O4S. The minimum absolute atomic E-state index is 0.0470. The molecule has 5 rings (SSSR count). The van der Waals surface area contributed by atoms with Gasteiger partial charge in [0, 0.05) is 42.7 Å². The van der Waals surface area contributed by atoms with Crippen molar-refractivity contribution in [3.8, 4) is 11.1 Å². The number of esters is 1. The predicted octanol–water partition coefficient (Wildman–Crippen LogP) is 5.14. The zero-order valence-electron chi connectivity index (χ0n) is 19.9. The smallest absolute Gasteiger partial charge is 0.409 e. The summed E-state index contributed by atoms with van der Waals surface area (Å²) in [7, 11) is 1.37. The summed E-state index contributed by atoms with van der Waals surface area (Å²) in [6.45, 7) is 4.53. The molecule has 1 heterocycles. The van der Waals surface area contributed by atoms with Crippen molar-refractivity contribution in [3.05, 3.63) is 82.9 Å². The molecule has 1 aliphatic heterocycles. The van der Waals surface area contributed by atoms with E-state index in [1.807, 2.05) is 43.3 Å². The Kier molecular flexibility index (Phi) is 6.43. The molecule has 7 heteroatoms. The summed E-state index contributed by atoms with van der Waals surface area (Å²) in [5.41, 5.74) is 7.03. The zero-order chi connectivity index (χ0) is 24.5. The van der Waals surface area contributed by atoms with Crippen molar-refractivity contribution < 1.29 is 19.1 Å². The van der Waals surface area contributed by atoms with Crippen LogP contribution in [0.4, 0.5) is 10.5 Å². The second kappa shape index (κ2) is 9.66. The highest BCUT2D eigenvalue weighted by Gasteiger charge is 2.30. The van der Waals surface area contributed by atoms with Crippen molar-refractivity contribution >= 4 is 30.4 Å². The summed E-state index contributed by atoms with van der Waals surface area (Å²) < 4.78 is 10.7. The summed E-state index contributed by atoms with van der Waals surface area (Å²) in [5.74, 6) is -0.331. The van der Waals surface area contributed by atoms with Crippen molar-refractivity contribution in [2.45, 2.75) is 17.7 Å². The largest absolute Gasteiger partial charge is 0.465 e. The number of carbonyl (C=O) groups is 2. The van der Waals surface area contributed by atoms with Crippen LogP contribution in [0.3, 0.4) is 0 Å². The van der Waals surface area contributed by atoms with Gasteiger partial charge in [0.25, 0.3) is 0 Å². The molecule has 1 fully saturated rings. The van der Waals surface area contributed by atoms with Crippen molar-refractivity contribution in [2.75, 3.05) is 44.8 Å². The van der Waals surface area contributed by atoms with Gasteiger partial charge in [0.15, 0.2) is 0 Å². The Balaban J connectivity index is 1.23. The van der Waals surface area contributed by atoms with Gasteiger partial charge in [0.1, 0.15) is 6.61 Å². The number of piperazine rings is 1. The molecule has 0 unspecified atom stereocenters. The fraction of sp³-hybridized carbons (Fsp3) is 0.286. The predicted molar refractivity (Wildman–Crippen MR) is 139 cm³/mol. The molecule has 0 bridgehead atoms. The SMILES string of the molecule is COC(=O)c1cc(N2CCN(C(=O)OCC3c4ccccc4-c4ccccc43)CC2)cc(S)c1C. The van der Waals surface area contributed by atoms with E-state index < -0.39 is 0 Å². The van der Waals surface area contributed by atoms with Gasteiger partial charge in [0.05, 0.1) is 12.7 Å².